The van der Waals surface area contributed by atoms with E-state index in [1.807, 2.05) is 6.20 Å². The summed E-state index contributed by atoms with van der Waals surface area (Å²) in [5.41, 5.74) is 2.55. The van der Waals surface area contributed by atoms with Gasteiger partial charge in [-0.15, -0.1) is 0 Å². The Morgan fingerprint density at radius 3 is 2.67 bits per heavy atom. The van der Waals surface area contributed by atoms with Gasteiger partial charge in [0, 0.05) is 45.5 Å². The summed E-state index contributed by atoms with van der Waals surface area (Å²) in [6.45, 7) is 12.5. The van der Waals surface area contributed by atoms with Crippen molar-refractivity contribution in [3.05, 3.63) is 29.5 Å². The van der Waals surface area contributed by atoms with E-state index in [1.54, 1.807) is 0 Å². The van der Waals surface area contributed by atoms with Crippen molar-refractivity contribution in [1.29, 1.82) is 0 Å². The lowest BCUT2D eigenvalue weighted by molar-refractivity contribution is 0.215. The second-order valence-electron chi connectivity index (χ2n) is 7.21. The van der Waals surface area contributed by atoms with Gasteiger partial charge >= 0.3 is 0 Å². The van der Waals surface area contributed by atoms with E-state index in [1.165, 1.54) is 50.0 Å². The molecule has 4 heteroatoms. The van der Waals surface area contributed by atoms with Crippen LogP contribution in [0.1, 0.15) is 37.3 Å². The van der Waals surface area contributed by atoms with Crippen LogP contribution in [0.15, 0.2) is 18.3 Å². The molecule has 2 aliphatic heterocycles. The van der Waals surface area contributed by atoms with E-state index in [0.717, 1.165) is 37.9 Å². The van der Waals surface area contributed by atoms with Gasteiger partial charge in [0.25, 0.3) is 0 Å². The summed E-state index contributed by atoms with van der Waals surface area (Å²) in [7, 11) is 0. The minimum Gasteiger partial charge on any atom is -0.357 e. The van der Waals surface area contributed by atoms with Crippen LogP contribution in [0, 0.1) is 12.8 Å². The van der Waals surface area contributed by atoms with E-state index < -0.39 is 0 Å². The van der Waals surface area contributed by atoms with Crippen molar-refractivity contribution in [2.45, 2.75) is 33.1 Å². The second kappa shape index (κ2) is 8.63. The van der Waals surface area contributed by atoms with Gasteiger partial charge < -0.3 is 15.1 Å². The smallest absolute Gasteiger partial charge is 0.129 e. The minimum atomic E-state index is 0.886. The zero-order chi connectivity index (χ0) is 16.8. The summed E-state index contributed by atoms with van der Waals surface area (Å²) < 4.78 is 0. The molecule has 1 aromatic rings. The average Bonchev–Trinajstić information content (AvgIpc) is 2.63. The highest BCUT2D eigenvalue weighted by Crippen LogP contribution is 2.25. The molecule has 132 valence electrons. The number of pyridine rings is 1. The number of nitrogens with zero attached hydrogens (tertiary/aromatic N) is 3. The Hall–Kier alpha value is -1.39. The molecule has 0 aliphatic carbocycles. The normalized spacial score (nSPS) is 20.8. The Labute approximate surface area is 146 Å². The van der Waals surface area contributed by atoms with E-state index in [2.05, 4.69) is 52.2 Å². The van der Waals surface area contributed by atoms with Crippen LogP contribution in [0.25, 0.3) is 6.08 Å². The number of aromatic nitrogens is 1. The van der Waals surface area contributed by atoms with Crippen LogP contribution >= 0.6 is 0 Å². The number of piperazine rings is 1. The van der Waals surface area contributed by atoms with Crippen LogP contribution in [-0.4, -0.2) is 55.7 Å². The summed E-state index contributed by atoms with van der Waals surface area (Å²) in [6, 6.07) is 2.25. The molecule has 24 heavy (non-hydrogen) atoms. The molecule has 1 aromatic heterocycles. The van der Waals surface area contributed by atoms with Gasteiger partial charge in [0.1, 0.15) is 5.82 Å². The van der Waals surface area contributed by atoms with Crippen LogP contribution < -0.4 is 10.2 Å². The number of allylic oxidation sites excluding steroid dienone is 1. The van der Waals surface area contributed by atoms with Gasteiger partial charge in [-0.3, -0.25) is 0 Å². The van der Waals surface area contributed by atoms with Crippen molar-refractivity contribution in [3.63, 3.8) is 0 Å². The topological polar surface area (TPSA) is 31.4 Å². The zero-order valence-electron chi connectivity index (χ0n) is 15.3. The first-order valence-electron chi connectivity index (χ1n) is 9.53. The number of aryl methyl sites for hydroxylation is 1. The van der Waals surface area contributed by atoms with Gasteiger partial charge in [0.05, 0.1) is 0 Å². The molecule has 0 spiro atoms. The molecule has 0 bridgehead atoms. The molecule has 0 radical (unpaired) electrons. The fourth-order valence-corrected chi connectivity index (χ4v) is 3.81. The number of piperidine rings is 1. The minimum absolute atomic E-state index is 0.886. The first-order valence-corrected chi connectivity index (χ1v) is 9.53. The molecule has 3 heterocycles. The van der Waals surface area contributed by atoms with E-state index in [-0.39, 0.29) is 0 Å². The SMILES string of the molecule is C/C=C\c1cc(N2CCC(CCN3CCNCC3)CC2)ncc1C. The first-order chi connectivity index (χ1) is 11.8. The maximum Gasteiger partial charge on any atom is 0.129 e. The fourth-order valence-electron chi connectivity index (χ4n) is 3.81. The Kier molecular flexibility index (Phi) is 6.27. The van der Waals surface area contributed by atoms with Gasteiger partial charge in [-0.1, -0.05) is 12.2 Å². The predicted octanol–water partition coefficient (Wildman–Crippen LogP) is 2.93. The van der Waals surface area contributed by atoms with Crippen LogP contribution in [0.2, 0.25) is 0 Å². The lowest BCUT2D eigenvalue weighted by Crippen LogP contribution is -2.44. The van der Waals surface area contributed by atoms with Crippen molar-refractivity contribution in [2.24, 2.45) is 5.92 Å². The van der Waals surface area contributed by atoms with Crippen LogP contribution in [-0.2, 0) is 0 Å². The van der Waals surface area contributed by atoms with Crippen LogP contribution in [0.4, 0.5) is 5.82 Å². The molecule has 4 nitrogen and oxygen atoms in total. The largest absolute Gasteiger partial charge is 0.357 e. The number of hydrogen-bond donors (Lipinski definition) is 1. The van der Waals surface area contributed by atoms with Crippen molar-refractivity contribution >= 4 is 11.9 Å². The summed E-state index contributed by atoms with van der Waals surface area (Å²) in [5.74, 6) is 2.03. The van der Waals surface area contributed by atoms with Crippen molar-refractivity contribution in [1.82, 2.24) is 15.2 Å². The highest BCUT2D eigenvalue weighted by atomic mass is 15.2. The maximum absolute atomic E-state index is 4.67. The summed E-state index contributed by atoms with van der Waals surface area (Å²) in [4.78, 5) is 9.75. The van der Waals surface area contributed by atoms with Crippen molar-refractivity contribution < 1.29 is 0 Å². The highest BCUT2D eigenvalue weighted by Gasteiger charge is 2.21. The Morgan fingerprint density at radius 1 is 1.21 bits per heavy atom. The van der Waals surface area contributed by atoms with E-state index in [4.69, 9.17) is 0 Å². The number of nitrogens with one attached hydrogen (secondary N) is 1. The average molecular weight is 329 g/mol. The molecule has 0 amide bonds. The maximum atomic E-state index is 4.67. The Bertz CT molecular complexity index is 541. The number of anilines is 1. The molecule has 2 fully saturated rings. The fraction of sp³-hybridized carbons (Fsp3) is 0.650. The van der Waals surface area contributed by atoms with Crippen molar-refractivity contribution in [3.8, 4) is 0 Å². The molecule has 2 saturated heterocycles. The highest BCUT2D eigenvalue weighted by molar-refractivity contribution is 5.58. The third-order valence-electron chi connectivity index (χ3n) is 5.48. The molecule has 0 saturated carbocycles. The monoisotopic (exact) mass is 328 g/mol. The molecule has 2 aliphatic rings. The Morgan fingerprint density at radius 2 is 1.96 bits per heavy atom. The quantitative estimate of drug-likeness (QED) is 0.900. The van der Waals surface area contributed by atoms with Gasteiger partial charge in [-0.2, -0.15) is 0 Å². The standard InChI is InChI=1S/C20H32N4/c1-3-4-19-15-20(22-16-17(19)2)24-11-6-18(7-12-24)5-10-23-13-8-21-9-14-23/h3-4,15-16,18,21H,5-14H2,1-2H3/b4-3-. The third-order valence-corrected chi connectivity index (χ3v) is 5.48. The van der Waals surface area contributed by atoms with Gasteiger partial charge in [-0.05, 0) is 62.8 Å². The van der Waals surface area contributed by atoms with Gasteiger partial charge in [-0.25, -0.2) is 4.98 Å². The third kappa shape index (κ3) is 4.58. The molecular formula is C20H32N4. The summed E-state index contributed by atoms with van der Waals surface area (Å²) in [5, 5.41) is 3.43. The van der Waals surface area contributed by atoms with Crippen LogP contribution in [0.3, 0.4) is 0 Å². The number of hydrogen-bond acceptors (Lipinski definition) is 4. The second-order valence-corrected chi connectivity index (χ2v) is 7.21. The molecule has 3 rings (SSSR count). The predicted molar refractivity (Wildman–Crippen MR) is 103 cm³/mol. The number of rotatable bonds is 5. The first kappa shape index (κ1) is 17.4. The summed E-state index contributed by atoms with van der Waals surface area (Å²) >= 11 is 0. The Balaban J connectivity index is 1.48. The van der Waals surface area contributed by atoms with E-state index >= 15 is 0 Å². The molecule has 0 unspecified atom stereocenters. The lowest BCUT2D eigenvalue weighted by Gasteiger charge is -2.34. The van der Waals surface area contributed by atoms with Gasteiger partial charge in [0.2, 0.25) is 0 Å². The molecular weight excluding hydrogens is 296 g/mol. The molecule has 1 N–H and O–H groups in total. The van der Waals surface area contributed by atoms with Crippen molar-refractivity contribution in [2.75, 3.05) is 50.7 Å². The van der Waals surface area contributed by atoms with Gasteiger partial charge in [0.15, 0.2) is 0 Å². The lowest BCUT2D eigenvalue weighted by atomic mass is 9.93. The van der Waals surface area contributed by atoms with E-state index in [9.17, 15) is 0 Å². The van der Waals surface area contributed by atoms with E-state index in [0.29, 0.717) is 0 Å². The van der Waals surface area contributed by atoms with Crippen LogP contribution in [0.5, 0.6) is 0 Å². The molecule has 0 aromatic carbocycles. The molecule has 0 atom stereocenters. The zero-order valence-corrected chi connectivity index (χ0v) is 15.3. The summed E-state index contributed by atoms with van der Waals surface area (Å²) in [6.07, 6.45) is 10.3.